The van der Waals surface area contributed by atoms with E-state index < -0.39 is 0 Å². The van der Waals surface area contributed by atoms with Crippen molar-refractivity contribution >= 4 is 49.1 Å². The Kier molecular flexibility index (Phi) is 3.47. The summed E-state index contributed by atoms with van der Waals surface area (Å²) in [4.78, 5) is 18.5. The maximum Gasteiger partial charge on any atom is 0.274 e. The largest absolute Gasteiger partial charge is 0.333 e. The average molecular weight is 354 g/mol. The minimum absolute atomic E-state index is 0.0255. The standard InChI is InChI=1S/C9H10Br2N2OS/c1-5-2-6(10)3-13(5)9(14)7-8(11)15-4-12-7/h4-6H,2-3H2,1H3. The van der Waals surface area contributed by atoms with Gasteiger partial charge in [-0.15, -0.1) is 11.3 Å². The van der Waals surface area contributed by atoms with Gasteiger partial charge in [0.1, 0.15) is 3.79 Å². The summed E-state index contributed by atoms with van der Waals surface area (Å²) in [5, 5.41) is 0. The fourth-order valence-corrected chi connectivity index (χ4v) is 3.63. The van der Waals surface area contributed by atoms with E-state index in [9.17, 15) is 4.79 Å². The summed E-state index contributed by atoms with van der Waals surface area (Å²) in [6.07, 6.45) is 1.01. The van der Waals surface area contributed by atoms with Crippen molar-refractivity contribution in [3.05, 3.63) is 15.0 Å². The molecule has 0 spiro atoms. The Bertz CT molecular complexity index is 382. The first-order valence-corrected chi connectivity index (χ1v) is 7.22. The van der Waals surface area contributed by atoms with E-state index in [1.165, 1.54) is 11.3 Å². The minimum Gasteiger partial charge on any atom is -0.333 e. The normalized spacial score (nSPS) is 25.9. The van der Waals surface area contributed by atoms with Gasteiger partial charge in [-0.3, -0.25) is 4.79 Å². The van der Waals surface area contributed by atoms with Crippen molar-refractivity contribution in [2.45, 2.75) is 24.2 Å². The molecular weight excluding hydrogens is 344 g/mol. The van der Waals surface area contributed by atoms with Crippen molar-refractivity contribution in [3.8, 4) is 0 Å². The van der Waals surface area contributed by atoms with Crippen LogP contribution in [0.5, 0.6) is 0 Å². The summed E-state index contributed by atoms with van der Waals surface area (Å²) in [7, 11) is 0. The van der Waals surface area contributed by atoms with Crippen LogP contribution in [0.1, 0.15) is 23.8 Å². The van der Waals surface area contributed by atoms with Crippen molar-refractivity contribution in [1.29, 1.82) is 0 Å². The fourth-order valence-electron chi connectivity index (χ4n) is 1.76. The third-order valence-electron chi connectivity index (χ3n) is 2.51. The van der Waals surface area contributed by atoms with Gasteiger partial charge < -0.3 is 4.90 Å². The average Bonchev–Trinajstić information content (AvgIpc) is 2.71. The summed E-state index contributed by atoms with van der Waals surface area (Å²) >= 11 is 8.33. The molecule has 1 saturated heterocycles. The highest BCUT2D eigenvalue weighted by atomic mass is 79.9. The van der Waals surface area contributed by atoms with E-state index in [0.717, 1.165) is 16.8 Å². The molecule has 82 valence electrons. The molecule has 0 N–H and O–H groups in total. The number of alkyl halides is 1. The molecular formula is C9H10Br2N2OS. The van der Waals surface area contributed by atoms with E-state index in [0.29, 0.717) is 10.5 Å². The van der Waals surface area contributed by atoms with Crippen LogP contribution in [0.3, 0.4) is 0 Å². The van der Waals surface area contributed by atoms with Crippen LogP contribution in [-0.4, -0.2) is 33.2 Å². The predicted molar refractivity (Wildman–Crippen MR) is 67.6 cm³/mol. The molecule has 1 aromatic heterocycles. The van der Waals surface area contributed by atoms with E-state index >= 15 is 0 Å². The summed E-state index contributed by atoms with van der Waals surface area (Å²) < 4.78 is 0.817. The molecule has 1 amide bonds. The third-order valence-corrected chi connectivity index (χ3v) is 4.72. The molecule has 2 rings (SSSR count). The molecule has 0 bridgehead atoms. The van der Waals surface area contributed by atoms with Crippen molar-refractivity contribution in [2.24, 2.45) is 0 Å². The quantitative estimate of drug-likeness (QED) is 0.727. The van der Waals surface area contributed by atoms with Gasteiger partial charge in [0.05, 0.1) is 5.51 Å². The molecule has 3 nitrogen and oxygen atoms in total. The lowest BCUT2D eigenvalue weighted by Crippen LogP contribution is -2.34. The zero-order chi connectivity index (χ0) is 11.0. The monoisotopic (exact) mass is 352 g/mol. The lowest BCUT2D eigenvalue weighted by molar-refractivity contribution is 0.0742. The number of carbonyl (C=O) groups excluding carboxylic acids is 1. The number of rotatable bonds is 1. The summed E-state index contributed by atoms with van der Waals surface area (Å²) in [5.74, 6) is 0.0255. The van der Waals surface area contributed by atoms with Gasteiger partial charge in [-0.05, 0) is 29.3 Å². The molecule has 15 heavy (non-hydrogen) atoms. The van der Waals surface area contributed by atoms with Crippen LogP contribution >= 0.6 is 43.2 Å². The van der Waals surface area contributed by atoms with Gasteiger partial charge in [-0.2, -0.15) is 0 Å². The molecule has 1 aliphatic heterocycles. The molecule has 2 heterocycles. The van der Waals surface area contributed by atoms with Gasteiger partial charge in [-0.1, -0.05) is 15.9 Å². The SMILES string of the molecule is CC1CC(Br)CN1C(=O)c1ncsc1Br. The molecule has 2 atom stereocenters. The molecule has 0 aliphatic carbocycles. The first kappa shape index (κ1) is 11.5. The molecule has 1 fully saturated rings. The lowest BCUT2D eigenvalue weighted by Gasteiger charge is -2.20. The lowest BCUT2D eigenvalue weighted by atomic mass is 10.2. The molecule has 0 saturated carbocycles. The number of thiazole rings is 1. The van der Waals surface area contributed by atoms with Crippen molar-refractivity contribution in [1.82, 2.24) is 9.88 Å². The Hall–Kier alpha value is 0.0600. The summed E-state index contributed by atoms with van der Waals surface area (Å²) in [5.41, 5.74) is 2.22. The van der Waals surface area contributed by atoms with Crippen molar-refractivity contribution < 1.29 is 4.79 Å². The molecule has 6 heteroatoms. The Labute approximate surface area is 109 Å². The van der Waals surface area contributed by atoms with E-state index in [1.54, 1.807) is 5.51 Å². The van der Waals surface area contributed by atoms with Crippen molar-refractivity contribution in [3.63, 3.8) is 0 Å². The first-order valence-electron chi connectivity index (χ1n) is 4.63. The summed E-state index contributed by atoms with van der Waals surface area (Å²) in [6.45, 7) is 2.84. The molecule has 0 aromatic carbocycles. The molecule has 2 unspecified atom stereocenters. The second-order valence-corrected chi connectivity index (χ2v) is 7.08. The maximum absolute atomic E-state index is 12.1. The number of hydrogen-bond acceptors (Lipinski definition) is 3. The Morgan fingerprint density at radius 2 is 2.47 bits per heavy atom. The molecule has 1 aliphatic rings. The number of likely N-dealkylation sites (tertiary alicyclic amines) is 1. The van der Waals surface area contributed by atoms with Crippen LogP contribution in [0.2, 0.25) is 0 Å². The smallest absolute Gasteiger partial charge is 0.274 e. The second kappa shape index (κ2) is 4.51. The highest BCUT2D eigenvalue weighted by Crippen LogP contribution is 2.28. The highest BCUT2D eigenvalue weighted by Gasteiger charge is 2.33. The zero-order valence-electron chi connectivity index (χ0n) is 8.11. The van der Waals surface area contributed by atoms with Gasteiger partial charge >= 0.3 is 0 Å². The van der Waals surface area contributed by atoms with Gasteiger partial charge in [0.25, 0.3) is 5.91 Å². The first-order chi connectivity index (χ1) is 7.09. The third kappa shape index (κ3) is 2.26. The number of halogens is 2. The van der Waals surface area contributed by atoms with Crippen LogP contribution < -0.4 is 0 Å². The van der Waals surface area contributed by atoms with Crippen LogP contribution in [0, 0.1) is 0 Å². The molecule has 0 radical (unpaired) electrons. The van der Waals surface area contributed by atoms with Gasteiger partial charge in [0.15, 0.2) is 5.69 Å². The zero-order valence-corrected chi connectivity index (χ0v) is 12.1. The van der Waals surface area contributed by atoms with Crippen LogP contribution in [0.15, 0.2) is 9.30 Å². The number of hydrogen-bond donors (Lipinski definition) is 0. The summed E-state index contributed by atoms with van der Waals surface area (Å²) in [6, 6.07) is 0.287. The van der Waals surface area contributed by atoms with Crippen LogP contribution in [0.4, 0.5) is 0 Å². The van der Waals surface area contributed by atoms with Gasteiger partial charge in [0.2, 0.25) is 0 Å². The van der Waals surface area contributed by atoms with E-state index in [2.05, 4.69) is 43.8 Å². The Balaban J connectivity index is 2.19. The Morgan fingerprint density at radius 1 is 1.73 bits per heavy atom. The molecule has 1 aromatic rings. The highest BCUT2D eigenvalue weighted by molar-refractivity contribution is 9.11. The van der Waals surface area contributed by atoms with E-state index in [-0.39, 0.29) is 11.9 Å². The Morgan fingerprint density at radius 3 is 2.93 bits per heavy atom. The van der Waals surface area contributed by atoms with E-state index in [4.69, 9.17) is 0 Å². The maximum atomic E-state index is 12.1. The minimum atomic E-state index is 0.0255. The number of nitrogens with zero attached hydrogens (tertiary/aromatic N) is 2. The number of amides is 1. The van der Waals surface area contributed by atoms with Gasteiger partial charge in [0, 0.05) is 17.4 Å². The number of aromatic nitrogens is 1. The number of carbonyl (C=O) groups is 1. The predicted octanol–water partition coefficient (Wildman–Crippen LogP) is 2.90. The van der Waals surface area contributed by atoms with E-state index in [1.807, 2.05) is 4.90 Å². The second-order valence-electron chi connectivity index (χ2n) is 3.61. The fraction of sp³-hybridized carbons (Fsp3) is 0.556. The van der Waals surface area contributed by atoms with Crippen molar-refractivity contribution in [2.75, 3.05) is 6.54 Å². The topological polar surface area (TPSA) is 33.2 Å². The van der Waals surface area contributed by atoms with Crippen LogP contribution in [0.25, 0.3) is 0 Å². The van der Waals surface area contributed by atoms with Gasteiger partial charge in [-0.25, -0.2) is 4.98 Å². The van der Waals surface area contributed by atoms with Crippen LogP contribution in [-0.2, 0) is 0 Å².